The Kier molecular flexibility index (Phi) is 6.27. The van der Waals surface area contributed by atoms with E-state index in [1.807, 2.05) is 4.68 Å². The number of aromatic nitrogens is 4. The number of halogens is 1. The minimum absolute atomic E-state index is 0.185. The van der Waals surface area contributed by atoms with E-state index in [2.05, 4.69) is 62.6 Å². The molecule has 2 heterocycles. The van der Waals surface area contributed by atoms with Crippen molar-refractivity contribution in [3.63, 3.8) is 0 Å². The Hall–Kier alpha value is -2.64. The van der Waals surface area contributed by atoms with Gasteiger partial charge in [0.25, 0.3) is 0 Å². The fraction of sp³-hybridized carbons (Fsp3) is 0.409. The predicted octanol–water partition coefficient (Wildman–Crippen LogP) is 3.13. The number of hydrogen-bond acceptors (Lipinski definition) is 5. The molecule has 0 bridgehead atoms. The van der Waals surface area contributed by atoms with Gasteiger partial charge in [-0.2, -0.15) is 0 Å². The van der Waals surface area contributed by atoms with E-state index in [9.17, 15) is 4.39 Å². The van der Waals surface area contributed by atoms with Gasteiger partial charge in [-0.05, 0) is 40.1 Å². The summed E-state index contributed by atoms with van der Waals surface area (Å²) < 4.78 is 15.0. The molecular formula is C22H27FN6. The SMILES string of the molecule is CC[C@H](c1nnnn1Cc1ccc(F)cc1)N1CCN(Cc2ccccc2)CC1. The predicted molar refractivity (Wildman–Crippen MR) is 110 cm³/mol. The molecule has 0 spiro atoms. The highest BCUT2D eigenvalue weighted by molar-refractivity contribution is 5.17. The van der Waals surface area contributed by atoms with Gasteiger partial charge in [0.2, 0.25) is 0 Å². The molecule has 2 aromatic carbocycles. The number of hydrogen-bond donors (Lipinski definition) is 0. The molecule has 7 heteroatoms. The third-order valence-electron chi connectivity index (χ3n) is 5.59. The second-order valence-corrected chi connectivity index (χ2v) is 7.54. The average Bonchev–Trinajstić information content (AvgIpc) is 3.20. The van der Waals surface area contributed by atoms with Crippen LogP contribution in [0.25, 0.3) is 0 Å². The van der Waals surface area contributed by atoms with E-state index in [4.69, 9.17) is 0 Å². The third kappa shape index (κ3) is 4.86. The van der Waals surface area contributed by atoms with Crippen LogP contribution >= 0.6 is 0 Å². The molecule has 152 valence electrons. The molecule has 3 aromatic rings. The summed E-state index contributed by atoms with van der Waals surface area (Å²) in [6, 6.07) is 17.3. The summed E-state index contributed by atoms with van der Waals surface area (Å²) in [5.74, 6) is 0.652. The monoisotopic (exact) mass is 394 g/mol. The highest BCUT2D eigenvalue weighted by atomic mass is 19.1. The minimum Gasteiger partial charge on any atom is -0.297 e. The van der Waals surface area contributed by atoms with Crippen LogP contribution in [0.1, 0.15) is 36.3 Å². The van der Waals surface area contributed by atoms with Crippen LogP contribution in [0.15, 0.2) is 54.6 Å². The van der Waals surface area contributed by atoms with E-state index in [-0.39, 0.29) is 11.9 Å². The normalized spacial score (nSPS) is 16.8. The first-order valence-corrected chi connectivity index (χ1v) is 10.2. The average molecular weight is 394 g/mol. The van der Waals surface area contributed by atoms with Crippen LogP contribution in [0.3, 0.4) is 0 Å². The van der Waals surface area contributed by atoms with Gasteiger partial charge in [-0.1, -0.05) is 49.4 Å². The van der Waals surface area contributed by atoms with Crippen LogP contribution in [0.4, 0.5) is 4.39 Å². The molecule has 1 aliphatic heterocycles. The van der Waals surface area contributed by atoms with Crippen molar-refractivity contribution in [1.82, 2.24) is 30.0 Å². The Bertz CT molecular complexity index is 887. The zero-order valence-electron chi connectivity index (χ0n) is 16.8. The molecule has 0 saturated carbocycles. The number of rotatable bonds is 7. The zero-order valence-corrected chi connectivity index (χ0v) is 16.8. The summed E-state index contributed by atoms with van der Waals surface area (Å²) in [5.41, 5.74) is 2.35. The van der Waals surface area contributed by atoms with Gasteiger partial charge in [-0.25, -0.2) is 9.07 Å². The van der Waals surface area contributed by atoms with Crippen molar-refractivity contribution in [1.29, 1.82) is 0 Å². The van der Waals surface area contributed by atoms with Crippen molar-refractivity contribution >= 4 is 0 Å². The molecule has 1 atom stereocenters. The van der Waals surface area contributed by atoms with Crippen molar-refractivity contribution < 1.29 is 4.39 Å². The van der Waals surface area contributed by atoms with Crippen molar-refractivity contribution in [2.45, 2.75) is 32.5 Å². The second kappa shape index (κ2) is 9.24. The van der Waals surface area contributed by atoms with Gasteiger partial charge >= 0.3 is 0 Å². The fourth-order valence-electron chi connectivity index (χ4n) is 4.00. The second-order valence-electron chi connectivity index (χ2n) is 7.54. The molecular weight excluding hydrogens is 367 g/mol. The van der Waals surface area contributed by atoms with Crippen LogP contribution in [-0.2, 0) is 13.1 Å². The van der Waals surface area contributed by atoms with E-state index in [0.717, 1.165) is 50.5 Å². The molecule has 6 nitrogen and oxygen atoms in total. The molecule has 0 radical (unpaired) electrons. The Labute approximate surface area is 170 Å². The van der Waals surface area contributed by atoms with E-state index in [0.29, 0.717) is 6.54 Å². The fourth-order valence-corrected chi connectivity index (χ4v) is 4.00. The van der Waals surface area contributed by atoms with Crippen LogP contribution in [0.2, 0.25) is 0 Å². The summed E-state index contributed by atoms with van der Waals surface area (Å²) in [6.07, 6.45) is 0.947. The molecule has 0 unspecified atom stereocenters. The van der Waals surface area contributed by atoms with Gasteiger partial charge < -0.3 is 0 Å². The summed E-state index contributed by atoms with van der Waals surface area (Å²) in [5, 5.41) is 12.5. The molecule has 1 aliphatic rings. The van der Waals surface area contributed by atoms with Crippen molar-refractivity contribution in [2.24, 2.45) is 0 Å². The molecule has 0 N–H and O–H groups in total. The van der Waals surface area contributed by atoms with Crippen LogP contribution in [-0.4, -0.2) is 56.2 Å². The number of benzene rings is 2. The van der Waals surface area contributed by atoms with E-state index in [1.165, 1.54) is 17.7 Å². The van der Waals surface area contributed by atoms with Crippen molar-refractivity contribution in [2.75, 3.05) is 26.2 Å². The number of piperazine rings is 1. The number of tetrazole rings is 1. The van der Waals surface area contributed by atoms with Gasteiger partial charge in [-0.3, -0.25) is 9.80 Å². The molecule has 1 aromatic heterocycles. The summed E-state index contributed by atoms with van der Waals surface area (Å²) >= 11 is 0. The lowest BCUT2D eigenvalue weighted by Crippen LogP contribution is -2.47. The third-order valence-corrected chi connectivity index (χ3v) is 5.59. The quantitative estimate of drug-likeness (QED) is 0.616. The molecule has 0 aliphatic carbocycles. The topological polar surface area (TPSA) is 50.1 Å². The van der Waals surface area contributed by atoms with Gasteiger partial charge in [-0.15, -0.1) is 5.10 Å². The molecule has 1 saturated heterocycles. The van der Waals surface area contributed by atoms with Gasteiger partial charge in [0.15, 0.2) is 5.82 Å². The zero-order chi connectivity index (χ0) is 20.1. The lowest BCUT2D eigenvalue weighted by Gasteiger charge is -2.38. The Morgan fingerprint density at radius 1 is 0.897 bits per heavy atom. The molecule has 0 amide bonds. The van der Waals surface area contributed by atoms with Crippen molar-refractivity contribution in [3.8, 4) is 0 Å². The maximum atomic E-state index is 13.2. The Balaban J connectivity index is 1.40. The van der Waals surface area contributed by atoms with Crippen LogP contribution in [0, 0.1) is 5.82 Å². The number of nitrogens with zero attached hydrogens (tertiary/aromatic N) is 6. The van der Waals surface area contributed by atoms with E-state index < -0.39 is 0 Å². The van der Waals surface area contributed by atoms with Gasteiger partial charge in [0, 0.05) is 32.7 Å². The molecule has 29 heavy (non-hydrogen) atoms. The lowest BCUT2D eigenvalue weighted by molar-refractivity contribution is 0.0844. The Morgan fingerprint density at radius 2 is 1.59 bits per heavy atom. The van der Waals surface area contributed by atoms with Crippen molar-refractivity contribution in [3.05, 3.63) is 77.4 Å². The first kappa shape index (κ1) is 19.7. The van der Waals surface area contributed by atoms with E-state index >= 15 is 0 Å². The van der Waals surface area contributed by atoms with Crippen LogP contribution in [0.5, 0.6) is 0 Å². The summed E-state index contributed by atoms with van der Waals surface area (Å²) in [6.45, 7) is 7.78. The molecule has 4 rings (SSSR count). The smallest absolute Gasteiger partial charge is 0.168 e. The first-order chi connectivity index (χ1) is 14.2. The Morgan fingerprint density at radius 3 is 2.28 bits per heavy atom. The molecule has 1 fully saturated rings. The highest BCUT2D eigenvalue weighted by Crippen LogP contribution is 2.24. The summed E-state index contributed by atoms with van der Waals surface area (Å²) in [4.78, 5) is 4.98. The van der Waals surface area contributed by atoms with E-state index in [1.54, 1.807) is 12.1 Å². The van der Waals surface area contributed by atoms with Crippen LogP contribution < -0.4 is 0 Å². The summed E-state index contributed by atoms with van der Waals surface area (Å²) in [7, 11) is 0. The minimum atomic E-state index is -0.231. The highest BCUT2D eigenvalue weighted by Gasteiger charge is 2.27. The largest absolute Gasteiger partial charge is 0.297 e. The van der Waals surface area contributed by atoms with Gasteiger partial charge in [0.05, 0.1) is 12.6 Å². The first-order valence-electron chi connectivity index (χ1n) is 10.2. The standard InChI is InChI=1S/C22H27FN6/c1-2-21(22-24-25-26-29(22)17-19-8-10-20(23)11-9-19)28-14-12-27(13-15-28)16-18-6-4-3-5-7-18/h3-11,21H,2,12-17H2,1H3/t21-/m1/s1. The lowest BCUT2D eigenvalue weighted by atomic mass is 10.1. The van der Waals surface area contributed by atoms with Gasteiger partial charge in [0.1, 0.15) is 5.82 Å². The maximum Gasteiger partial charge on any atom is 0.168 e. The maximum absolute atomic E-state index is 13.2.